The van der Waals surface area contributed by atoms with Crippen LogP contribution in [-0.2, 0) is 0 Å². The van der Waals surface area contributed by atoms with Gasteiger partial charge in [0.15, 0.2) is 0 Å². The number of nitrogens with one attached hydrogen (secondary N) is 1. The zero-order valence-corrected chi connectivity index (χ0v) is 17.6. The number of carbonyl (C=O) groups is 2. The van der Waals surface area contributed by atoms with Gasteiger partial charge in [0.2, 0.25) is 11.6 Å². The largest absolute Gasteiger partial charge is 0.508 e. The summed E-state index contributed by atoms with van der Waals surface area (Å²) in [6.45, 7) is 0. The minimum absolute atomic E-state index is 0.0601. The van der Waals surface area contributed by atoms with E-state index in [0.29, 0.717) is 28.5 Å². The van der Waals surface area contributed by atoms with Gasteiger partial charge in [0.1, 0.15) is 39.3 Å². The predicted molar refractivity (Wildman–Crippen MR) is 122 cm³/mol. The molecule has 0 saturated carbocycles. The minimum Gasteiger partial charge on any atom is -0.508 e. The number of Topliss-reactive ketones (excluding diaryl/α,β-unsaturated/α-hetero) is 2. The molecule has 0 fully saturated rings. The van der Waals surface area contributed by atoms with E-state index >= 15 is 0 Å². The summed E-state index contributed by atoms with van der Waals surface area (Å²) in [5.74, 6) is -1.16. The fourth-order valence-corrected chi connectivity index (χ4v) is 3.57. The maximum Gasteiger partial charge on any atom is 0.231 e. The van der Waals surface area contributed by atoms with E-state index in [9.17, 15) is 14.7 Å². The van der Waals surface area contributed by atoms with E-state index in [1.165, 1.54) is 12.1 Å². The van der Waals surface area contributed by atoms with Gasteiger partial charge in [-0.1, -0.05) is 23.7 Å². The van der Waals surface area contributed by atoms with E-state index in [0.717, 1.165) is 0 Å². The molecule has 1 aliphatic rings. The summed E-state index contributed by atoms with van der Waals surface area (Å²) in [7, 11) is 0. The maximum absolute atomic E-state index is 13.3. The average Bonchev–Trinajstić information content (AvgIpc) is 2.86. The summed E-state index contributed by atoms with van der Waals surface area (Å²) in [6, 6.07) is 16.5. The Morgan fingerprint density at radius 3 is 1.76 bits per heavy atom. The number of phenolic OH excluding ortho intramolecular Hbond substituents is 1. The first-order valence-corrected chi connectivity index (χ1v) is 10.2. The fraction of sp³-hybridized carbons (Fsp3) is 0. The van der Waals surface area contributed by atoms with Crippen molar-refractivity contribution < 1.29 is 14.7 Å². The molecule has 5 rings (SSSR count). The van der Waals surface area contributed by atoms with E-state index in [2.05, 4.69) is 25.3 Å². The van der Waals surface area contributed by atoms with Crippen molar-refractivity contribution in [1.82, 2.24) is 19.9 Å². The number of allylic oxidation sites excluding steroid dienone is 2. The van der Waals surface area contributed by atoms with Crippen molar-refractivity contribution in [3.05, 3.63) is 95.2 Å². The zero-order valence-electron chi connectivity index (χ0n) is 16.9. The molecule has 0 amide bonds. The molecule has 0 unspecified atom stereocenters. The minimum atomic E-state index is -0.634. The van der Waals surface area contributed by atoms with Crippen LogP contribution in [0.25, 0.3) is 22.8 Å². The number of carbonyl (C=O) groups excluding carboxylic acids is 2. The van der Waals surface area contributed by atoms with Crippen molar-refractivity contribution in [2.45, 2.75) is 0 Å². The number of nitrogens with zero attached hydrogens (tertiary/aromatic N) is 4. The number of anilines is 1. The van der Waals surface area contributed by atoms with Gasteiger partial charge in [-0.25, -0.2) is 9.97 Å². The van der Waals surface area contributed by atoms with Crippen LogP contribution in [0.4, 0.5) is 5.69 Å². The Morgan fingerprint density at radius 2 is 1.24 bits per heavy atom. The lowest BCUT2D eigenvalue weighted by atomic mass is 9.99. The Balaban J connectivity index is 1.67. The number of hydrogen-bond donors (Lipinski definition) is 2. The SMILES string of the molecule is O=C1C(Cl)=C(Nc2ccc(O)cc2)C(=O)c2nc(-c3ccccn3)c(-c3ccccn3)nc21. The van der Waals surface area contributed by atoms with Crippen molar-refractivity contribution in [3.8, 4) is 28.5 Å². The Hall–Kier alpha value is -4.43. The zero-order chi connectivity index (χ0) is 22.9. The molecule has 1 aromatic carbocycles. The molecule has 0 saturated heterocycles. The second-order valence-corrected chi connectivity index (χ2v) is 7.45. The number of pyridine rings is 2. The standard InChI is InChI=1S/C24H14ClN5O3/c25-17-20(28-13-7-9-14(31)10-8-13)24(33)22-21(23(17)32)29-18(15-5-1-3-11-26-15)19(30-22)16-6-2-4-12-27-16/h1-12,28,31H. The highest BCUT2D eigenvalue weighted by molar-refractivity contribution is 6.49. The molecule has 0 atom stereocenters. The monoisotopic (exact) mass is 455 g/mol. The number of rotatable bonds is 4. The van der Waals surface area contributed by atoms with Gasteiger partial charge < -0.3 is 10.4 Å². The van der Waals surface area contributed by atoms with Crippen molar-refractivity contribution >= 4 is 28.9 Å². The number of aromatic nitrogens is 4. The Morgan fingerprint density at radius 1 is 0.697 bits per heavy atom. The topological polar surface area (TPSA) is 118 Å². The second-order valence-electron chi connectivity index (χ2n) is 7.07. The lowest BCUT2D eigenvalue weighted by molar-refractivity contribution is 0.0974. The van der Waals surface area contributed by atoms with Gasteiger partial charge in [-0.3, -0.25) is 19.6 Å². The lowest BCUT2D eigenvalue weighted by Gasteiger charge is -2.19. The van der Waals surface area contributed by atoms with Crippen LogP contribution in [0.5, 0.6) is 5.75 Å². The first-order chi connectivity index (χ1) is 16.0. The van der Waals surface area contributed by atoms with E-state index < -0.39 is 11.6 Å². The summed E-state index contributed by atoms with van der Waals surface area (Å²) in [4.78, 5) is 44.1. The molecule has 0 spiro atoms. The van der Waals surface area contributed by atoms with Crippen molar-refractivity contribution in [2.75, 3.05) is 5.32 Å². The highest BCUT2D eigenvalue weighted by Gasteiger charge is 2.36. The third-order valence-corrected chi connectivity index (χ3v) is 5.28. The van der Waals surface area contributed by atoms with Crippen LogP contribution in [0.2, 0.25) is 0 Å². The third kappa shape index (κ3) is 3.72. The number of aromatic hydroxyl groups is 1. The quantitative estimate of drug-likeness (QED) is 0.438. The van der Waals surface area contributed by atoms with E-state index in [1.54, 1.807) is 60.9 Å². The smallest absolute Gasteiger partial charge is 0.231 e. The van der Waals surface area contributed by atoms with Gasteiger partial charge in [-0.2, -0.15) is 0 Å². The molecular weight excluding hydrogens is 442 g/mol. The maximum atomic E-state index is 13.3. The van der Waals surface area contributed by atoms with Crippen LogP contribution in [0.15, 0.2) is 83.8 Å². The molecule has 2 N–H and O–H groups in total. The fourth-order valence-electron chi connectivity index (χ4n) is 3.35. The molecule has 0 bridgehead atoms. The van der Waals surface area contributed by atoms with Crippen LogP contribution >= 0.6 is 11.6 Å². The van der Waals surface area contributed by atoms with Crippen LogP contribution in [-0.4, -0.2) is 36.6 Å². The molecule has 4 aromatic rings. The first kappa shape index (κ1) is 20.5. The van der Waals surface area contributed by atoms with Crippen LogP contribution < -0.4 is 5.32 Å². The second kappa shape index (κ2) is 8.25. The molecule has 9 heteroatoms. The molecule has 0 aliphatic heterocycles. The summed E-state index contributed by atoms with van der Waals surface area (Å²) in [5.41, 5.74) is 1.64. The number of hydrogen-bond acceptors (Lipinski definition) is 8. The van der Waals surface area contributed by atoms with Crippen molar-refractivity contribution in [2.24, 2.45) is 0 Å². The highest BCUT2D eigenvalue weighted by atomic mass is 35.5. The van der Waals surface area contributed by atoms with Gasteiger partial charge in [-0.05, 0) is 48.5 Å². The Bertz CT molecular complexity index is 1420. The molecule has 1 aliphatic carbocycles. The lowest BCUT2D eigenvalue weighted by Crippen LogP contribution is -2.27. The highest BCUT2D eigenvalue weighted by Crippen LogP contribution is 2.33. The van der Waals surface area contributed by atoms with E-state index in [-0.39, 0.29) is 27.9 Å². The molecule has 0 radical (unpaired) electrons. The van der Waals surface area contributed by atoms with Gasteiger partial charge in [0, 0.05) is 18.1 Å². The number of phenols is 1. The molecule has 3 aromatic heterocycles. The first-order valence-electron chi connectivity index (χ1n) is 9.83. The Labute approximate surface area is 192 Å². The van der Waals surface area contributed by atoms with Crippen molar-refractivity contribution in [3.63, 3.8) is 0 Å². The molecular formula is C24H14ClN5O3. The molecule has 160 valence electrons. The molecule has 3 heterocycles. The van der Waals surface area contributed by atoms with Gasteiger partial charge in [-0.15, -0.1) is 0 Å². The Kier molecular flexibility index (Phi) is 5.12. The van der Waals surface area contributed by atoms with Gasteiger partial charge in [0.25, 0.3) is 0 Å². The number of fused-ring (bicyclic) bond motifs is 1. The van der Waals surface area contributed by atoms with Crippen molar-refractivity contribution in [1.29, 1.82) is 0 Å². The number of halogens is 1. The normalized spacial score (nSPS) is 13.1. The van der Waals surface area contributed by atoms with Crippen LogP contribution in [0.1, 0.15) is 21.0 Å². The van der Waals surface area contributed by atoms with Crippen LogP contribution in [0, 0.1) is 0 Å². The average molecular weight is 456 g/mol. The molecule has 8 nitrogen and oxygen atoms in total. The summed E-state index contributed by atoms with van der Waals surface area (Å²) < 4.78 is 0. The molecule has 33 heavy (non-hydrogen) atoms. The van der Waals surface area contributed by atoms with Gasteiger partial charge in [0.05, 0.1) is 11.4 Å². The summed E-state index contributed by atoms with van der Waals surface area (Å²) in [5, 5.41) is 12.0. The number of ketones is 2. The third-order valence-electron chi connectivity index (χ3n) is 4.92. The summed E-state index contributed by atoms with van der Waals surface area (Å²) in [6.07, 6.45) is 3.19. The van der Waals surface area contributed by atoms with E-state index in [1.807, 2.05) is 0 Å². The predicted octanol–water partition coefficient (Wildman–Crippen LogP) is 4.25. The van der Waals surface area contributed by atoms with Gasteiger partial charge >= 0.3 is 0 Å². The number of benzene rings is 1. The summed E-state index contributed by atoms with van der Waals surface area (Å²) >= 11 is 6.29. The van der Waals surface area contributed by atoms with Crippen LogP contribution in [0.3, 0.4) is 0 Å². The van der Waals surface area contributed by atoms with E-state index in [4.69, 9.17) is 11.6 Å².